The highest BCUT2D eigenvalue weighted by molar-refractivity contribution is 5.71. The van der Waals surface area contributed by atoms with Crippen molar-refractivity contribution >= 4 is 5.97 Å². The van der Waals surface area contributed by atoms with Crippen LogP contribution < -0.4 is 5.32 Å². The molecule has 0 aliphatic carbocycles. The summed E-state index contributed by atoms with van der Waals surface area (Å²) in [5, 5.41) is 3.01. The molecule has 0 aromatic carbocycles. The third-order valence-corrected chi connectivity index (χ3v) is 1.61. The lowest BCUT2D eigenvalue weighted by atomic mass is 10.1. The molecule has 0 spiro atoms. The van der Waals surface area contributed by atoms with Gasteiger partial charge in [-0.05, 0) is 12.3 Å². The van der Waals surface area contributed by atoms with E-state index in [4.69, 9.17) is 4.74 Å². The molecule has 0 aromatic rings. The fourth-order valence-electron chi connectivity index (χ4n) is 0.747. The molecule has 3 heteroatoms. The zero-order valence-electron chi connectivity index (χ0n) is 9.09. The zero-order chi connectivity index (χ0) is 10.3. The molecule has 0 saturated heterocycles. The van der Waals surface area contributed by atoms with E-state index in [-0.39, 0.29) is 5.97 Å². The number of ether oxygens (including phenoxy) is 1. The molecule has 0 bridgehead atoms. The molecule has 0 atom stereocenters. The monoisotopic (exact) mass is 187 g/mol. The summed E-state index contributed by atoms with van der Waals surface area (Å²) in [7, 11) is 0. The van der Waals surface area contributed by atoms with E-state index in [1.807, 2.05) is 13.8 Å². The maximum Gasteiger partial charge on any atom is 0.319 e. The van der Waals surface area contributed by atoms with Crippen LogP contribution in [0.2, 0.25) is 0 Å². The number of rotatable bonds is 6. The third-order valence-electron chi connectivity index (χ3n) is 1.61. The van der Waals surface area contributed by atoms with E-state index in [0.717, 1.165) is 6.42 Å². The van der Waals surface area contributed by atoms with Gasteiger partial charge in [0.2, 0.25) is 0 Å². The minimum absolute atomic E-state index is 0.158. The molecule has 0 saturated carbocycles. The van der Waals surface area contributed by atoms with Gasteiger partial charge in [0.15, 0.2) is 0 Å². The molecule has 0 fully saturated rings. The van der Waals surface area contributed by atoms with Gasteiger partial charge >= 0.3 is 5.97 Å². The van der Waals surface area contributed by atoms with E-state index >= 15 is 0 Å². The maximum absolute atomic E-state index is 11.0. The van der Waals surface area contributed by atoms with Gasteiger partial charge in [0.25, 0.3) is 0 Å². The van der Waals surface area contributed by atoms with E-state index in [2.05, 4.69) is 19.2 Å². The maximum atomic E-state index is 11.0. The van der Waals surface area contributed by atoms with E-state index in [9.17, 15) is 4.79 Å². The lowest BCUT2D eigenvalue weighted by Crippen LogP contribution is -2.30. The van der Waals surface area contributed by atoms with Gasteiger partial charge in [-0.25, -0.2) is 0 Å². The standard InChI is InChI=1S/C10H21NO2/c1-8(2)5-6-13-10(12)7-11-9(3)4/h8-9,11H,5-7H2,1-4H3. The van der Waals surface area contributed by atoms with Gasteiger partial charge < -0.3 is 10.1 Å². The summed E-state index contributed by atoms with van der Waals surface area (Å²) in [4.78, 5) is 11.0. The molecule has 0 unspecified atom stereocenters. The van der Waals surface area contributed by atoms with Gasteiger partial charge in [-0.2, -0.15) is 0 Å². The van der Waals surface area contributed by atoms with Crippen molar-refractivity contribution in [2.75, 3.05) is 13.2 Å². The predicted molar refractivity (Wildman–Crippen MR) is 53.6 cm³/mol. The van der Waals surface area contributed by atoms with Crippen LogP contribution in [0.1, 0.15) is 34.1 Å². The van der Waals surface area contributed by atoms with Gasteiger partial charge in [-0.3, -0.25) is 4.79 Å². The van der Waals surface area contributed by atoms with Crippen molar-refractivity contribution in [2.45, 2.75) is 40.2 Å². The summed E-state index contributed by atoms with van der Waals surface area (Å²) in [6, 6.07) is 0.331. The number of nitrogens with one attached hydrogen (secondary N) is 1. The van der Waals surface area contributed by atoms with E-state index < -0.39 is 0 Å². The Morgan fingerprint density at radius 2 is 1.92 bits per heavy atom. The highest BCUT2D eigenvalue weighted by Gasteiger charge is 2.03. The molecule has 0 rings (SSSR count). The molecular weight excluding hydrogens is 166 g/mol. The van der Waals surface area contributed by atoms with Gasteiger partial charge in [0.05, 0.1) is 13.2 Å². The first kappa shape index (κ1) is 12.4. The van der Waals surface area contributed by atoms with Crippen molar-refractivity contribution in [3.05, 3.63) is 0 Å². The Morgan fingerprint density at radius 3 is 2.38 bits per heavy atom. The van der Waals surface area contributed by atoms with Crippen LogP contribution in [0, 0.1) is 5.92 Å². The quantitative estimate of drug-likeness (QED) is 0.641. The van der Waals surface area contributed by atoms with Crippen LogP contribution in [0.3, 0.4) is 0 Å². The van der Waals surface area contributed by atoms with Crippen LogP contribution in [-0.2, 0) is 9.53 Å². The zero-order valence-corrected chi connectivity index (χ0v) is 9.09. The van der Waals surface area contributed by atoms with E-state index in [0.29, 0.717) is 25.1 Å². The lowest BCUT2D eigenvalue weighted by molar-refractivity contribution is -0.142. The summed E-state index contributed by atoms with van der Waals surface area (Å²) >= 11 is 0. The number of carbonyl (C=O) groups excluding carboxylic acids is 1. The predicted octanol–water partition coefficient (Wildman–Crippen LogP) is 1.57. The first-order valence-corrected chi connectivity index (χ1v) is 4.91. The number of esters is 1. The van der Waals surface area contributed by atoms with Crippen molar-refractivity contribution < 1.29 is 9.53 Å². The van der Waals surface area contributed by atoms with Crippen LogP contribution in [-0.4, -0.2) is 25.2 Å². The summed E-state index contributed by atoms with van der Waals surface area (Å²) in [6.07, 6.45) is 0.938. The van der Waals surface area contributed by atoms with E-state index in [1.54, 1.807) is 0 Å². The summed E-state index contributed by atoms with van der Waals surface area (Å²) in [5.74, 6) is 0.431. The Morgan fingerprint density at radius 1 is 1.31 bits per heavy atom. The van der Waals surface area contributed by atoms with Crippen LogP contribution in [0.15, 0.2) is 0 Å². The Balaban J connectivity index is 3.30. The molecule has 1 N–H and O–H groups in total. The average Bonchev–Trinajstić information content (AvgIpc) is 2.00. The Hall–Kier alpha value is -0.570. The summed E-state index contributed by atoms with van der Waals surface area (Å²) in [6.45, 7) is 9.08. The van der Waals surface area contributed by atoms with Gasteiger partial charge in [0.1, 0.15) is 0 Å². The topological polar surface area (TPSA) is 38.3 Å². The van der Waals surface area contributed by atoms with Crippen LogP contribution in [0.25, 0.3) is 0 Å². The first-order valence-electron chi connectivity index (χ1n) is 4.91. The number of hydrogen-bond acceptors (Lipinski definition) is 3. The lowest BCUT2D eigenvalue weighted by Gasteiger charge is -2.09. The SMILES string of the molecule is CC(C)CCOC(=O)CNC(C)C. The second kappa shape index (κ2) is 6.89. The summed E-state index contributed by atoms with van der Waals surface area (Å²) < 4.78 is 5.00. The Labute approximate surface area is 80.8 Å². The van der Waals surface area contributed by atoms with Crippen LogP contribution in [0.4, 0.5) is 0 Å². The molecule has 3 nitrogen and oxygen atoms in total. The average molecular weight is 187 g/mol. The molecule has 13 heavy (non-hydrogen) atoms. The molecule has 0 heterocycles. The van der Waals surface area contributed by atoms with Gasteiger partial charge in [-0.1, -0.05) is 27.7 Å². The summed E-state index contributed by atoms with van der Waals surface area (Å²) in [5.41, 5.74) is 0. The minimum atomic E-state index is -0.158. The molecule has 0 aromatic heterocycles. The van der Waals surface area contributed by atoms with Crippen LogP contribution in [0.5, 0.6) is 0 Å². The van der Waals surface area contributed by atoms with Crippen molar-refractivity contribution in [1.29, 1.82) is 0 Å². The smallest absolute Gasteiger partial charge is 0.319 e. The number of carbonyl (C=O) groups is 1. The van der Waals surface area contributed by atoms with Crippen LogP contribution >= 0.6 is 0 Å². The highest BCUT2D eigenvalue weighted by Crippen LogP contribution is 1.98. The second-order valence-electron chi connectivity index (χ2n) is 3.94. The molecule has 0 aliphatic rings. The number of hydrogen-bond donors (Lipinski definition) is 1. The van der Waals surface area contributed by atoms with E-state index in [1.165, 1.54) is 0 Å². The van der Waals surface area contributed by atoms with Gasteiger partial charge in [-0.15, -0.1) is 0 Å². The van der Waals surface area contributed by atoms with Crippen molar-refractivity contribution in [3.63, 3.8) is 0 Å². The largest absolute Gasteiger partial charge is 0.465 e. The normalized spacial score (nSPS) is 10.9. The Bertz CT molecular complexity index is 144. The van der Waals surface area contributed by atoms with Crippen molar-refractivity contribution in [3.8, 4) is 0 Å². The van der Waals surface area contributed by atoms with Crippen molar-refractivity contribution in [2.24, 2.45) is 5.92 Å². The molecule has 0 aliphatic heterocycles. The second-order valence-corrected chi connectivity index (χ2v) is 3.94. The minimum Gasteiger partial charge on any atom is -0.465 e. The molecule has 0 radical (unpaired) electrons. The van der Waals surface area contributed by atoms with Gasteiger partial charge in [0, 0.05) is 6.04 Å². The molecular formula is C10H21NO2. The molecule has 78 valence electrons. The van der Waals surface area contributed by atoms with Crippen molar-refractivity contribution in [1.82, 2.24) is 5.32 Å². The first-order chi connectivity index (χ1) is 6.02. The third kappa shape index (κ3) is 9.34. The fourth-order valence-corrected chi connectivity index (χ4v) is 0.747. The Kier molecular flexibility index (Phi) is 6.59. The highest BCUT2D eigenvalue weighted by atomic mass is 16.5. The molecule has 0 amide bonds. The fraction of sp³-hybridized carbons (Fsp3) is 0.900.